The number of rotatable bonds is 4. The van der Waals surface area contributed by atoms with Crippen molar-refractivity contribution in [3.8, 4) is 6.07 Å². The van der Waals surface area contributed by atoms with E-state index in [9.17, 15) is 17.6 Å². The first kappa shape index (κ1) is 12.5. The molecular weight excluding hydrogens is 226 g/mol. The fraction of sp³-hybridized carbons (Fsp3) is 0.300. The molecule has 0 aliphatic heterocycles. The molecule has 0 aliphatic rings. The van der Waals surface area contributed by atoms with Crippen LogP contribution in [0.3, 0.4) is 0 Å². The van der Waals surface area contributed by atoms with Gasteiger partial charge in [-0.15, -0.1) is 0 Å². The van der Waals surface area contributed by atoms with Crippen LogP contribution in [0.15, 0.2) is 30.3 Å². The number of hydrogen-bond acceptors (Lipinski definition) is 2. The first-order chi connectivity index (χ1) is 7.47. The van der Waals surface area contributed by atoms with Gasteiger partial charge in [-0.1, -0.05) is 30.3 Å². The normalized spacial score (nSPS) is 13.5. The SMILES string of the molecule is N#CC(OC(F)(F)C(F)F)c1ccccc1. The first-order valence-electron chi connectivity index (χ1n) is 4.25. The third-order valence-electron chi connectivity index (χ3n) is 1.75. The Morgan fingerprint density at radius 2 is 1.75 bits per heavy atom. The average molecular weight is 233 g/mol. The highest BCUT2D eigenvalue weighted by Gasteiger charge is 2.44. The summed E-state index contributed by atoms with van der Waals surface area (Å²) in [4.78, 5) is 0. The van der Waals surface area contributed by atoms with Gasteiger partial charge in [0.1, 0.15) is 0 Å². The lowest BCUT2D eigenvalue weighted by atomic mass is 10.1. The summed E-state index contributed by atoms with van der Waals surface area (Å²) in [6.45, 7) is 0. The molecule has 0 saturated heterocycles. The minimum Gasteiger partial charge on any atom is -0.292 e. The standard InChI is InChI=1S/C10H7F4NO/c11-9(12)10(13,14)16-8(6-15)7-4-2-1-3-5-7/h1-5,8-9H. The topological polar surface area (TPSA) is 33.0 Å². The number of benzene rings is 1. The Morgan fingerprint density at radius 1 is 1.19 bits per heavy atom. The Labute approximate surface area is 89.1 Å². The van der Waals surface area contributed by atoms with Crippen LogP contribution in [0.2, 0.25) is 0 Å². The van der Waals surface area contributed by atoms with Crippen molar-refractivity contribution in [1.82, 2.24) is 0 Å². The summed E-state index contributed by atoms with van der Waals surface area (Å²) in [5, 5.41) is 8.57. The van der Waals surface area contributed by atoms with Crippen molar-refractivity contribution in [3.63, 3.8) is 0 Å². The molecule has 0 aromatic heterocycles. The zero-order valence-electron chi connectivity index (χ0n) is 7.91. The molecule has 1 atom stereocenters. The van der Waals surface area contributed by atoms with Gasteiger partial charge in [-0.25, -0.2) is 8.78 Å². The van der Waals surface area contributed by atoms with Crippen LogP contribution < -0.4 is 0 Å². The zero-order chi connectivity index (χ0) is 12.2. The number of hydrogen-bond donors (Lipinski definition) is 0. The molecule has 0 fully saturated rings. The summed E-state index contributed by atoms with van der Waals surface area (Å²) in [6.07, 6.45) is -10.3. The van der Waals surface area contributed by atoms with Gasteiger partial charge in [-0.2, -0.15) is 14.0 Å². The summed E-state index contributed by atoms with van der Waals surface area (Å²) < 4.78 is 52.6. The van der Waals surface area contributed by atoms with Crippen molar-refractivity contribution in [2.75, 3.05) is 0 Å². The predicted molar refractivity (Wildman–Crippen MR) is 46.8 cm³/mol. The second kappa shape index (κ2) is 4.94. The maximum absolute atomic E-state index is 12.5. The molecule has 0 aliphatic carbocycles. The van der Waals surface area contributed by atoms with E-state index >= 15 is 0 Å². The van der Waals surface area contributed by atoms with Crippen LogP contribution >= 0.6 is 0 Å². The van der Waals surface area contributed by atoms with Gasteiger partial charge in [-0.3, -0.25) is 4.74 Å². The highest BCUT2D eigenvalue weighted by molar-refractivity contribution is 5.22. The molecule has 0 N–H and O–H groups in total. The molecule has 1 unspecified atom stereocenters. The van der Waals surface area contributed by atoms with Crippen LogP contribution in [0.1, 0.15) is 11.7 Å². The molecular formula is C10H7F4NO. The largest absolute Gasteiger partial charge is 0.418 e. The van der Waals surface area contributed by atoms with E-state index in [1.807, 2.05) is 0 Å². The Morgan fingerprint density at radius 3 is 2.19 bits per heavy atom. The summed E-state index contributed by atoms with van der Waals surface area (Å²) >= 11 is 0. The molecule has 2 nitrogen and oxygen atoms in total. The predicted octanol–water partition coefficient (Wildman–Crippen LogP) is 3.13. The Kier molecular flexibility index (Phi) is 3.85. The lowest BCUT2D eigenvalue weighted by Crippen LogP contribution is -2.31. The number of nitrogens with zero attached hydrogens (tertiary/aromatic N) is 1. The van der Waals surface area contributed by atoms with E-state index in [1.165, 1.54) is 30.3 Å². The van der Waals surface area contributed by atoms with Gasteiger partial charge >= 0.3 is 12.5 Å². The number of halogens is 4. The van der Waals surface area contributed by atoms with Crippen molar-refractivity contribution in [3.05, 3.63) is 35.9 Å². The van der Waals surface area contributed by atoms with E-state index < -0.39 is 18.6 Å². The van der Waals surface area contributed by atoms with E-state index in [-0.39, 0.29) is 5.56 Å². The monoisotopic (exact) mass is 233 g/mol. The Balaban J connectivity index is 2.83. The molecule has 16 heavy (non-hydrogen) atoms. The minimum absolute atomic E-state index is 0.102. The fourth-order valence-corrected chi connectivity index (χ4v) is 1.01. The molecule has 0 spiro atoms. The quantitative estimate of drug-likeness (QED) is 0.748. The molecule has 0 amide bonds. The van der Waals surface area contributed by atoms with E-state index in [0.717, 1.165) is 0 Å². The Hall–Kier alpha value is -1.61. The van der Waals surface area contributed by atoms with Gasteiger partial charge in [0.2, 0.25) is 0 Å². The number of nitriles is 1. The van der Waals surface area contributed by atoms with Crippen molar-refractivity contribution >= 4 is 0 Å². The van der Waals surface area contributed by atoms with Gasteiger partial charge < -0.3 is 0 Å². The van der Waals surface area contributed by atoms with Crippen molar-refractivity contribution in [1.29, 1.82) is 5.26 Å². The molecule has 0 saturated carbocycles. The third-order valence-corrected chi connectivity index (χ3v) is 1.75. The van der Waals surface area contributed by atoms with Crippen LogP contribution in [0.4, 0.5) is 17.6 Å². The Bertz CT molecular complexity index is 374. The molecule has 0 radical (unpaired) electrons. The van der Waals surface area contributed by atoms with E-state index in [1.54, 1.807) is 6.07 Å². The summed E-state index contributed by atoms with van der Waals surface area (Å²) in [7, 11) is 0. The van der Waals surface area contributed by atoms with Crippen LogP contribution in [-0.2, 0) is 4.74 Å². The van der Waals surface area contributed by atoms with Crippen molar-refractivity contribution in [2.45, 2.75) is 18.6 Å². The van der Waals surface area contributed by atoms with Crippen LogP contribution in [0, 0.1) is 11.3 Å². The fourth-order valence-electron chi connectivity index (χ4n) is 1.01. The lowest BCUT2D eigenvalue weighted by molar-refractivity contribution is -0.312. The van der Waals surface area contributed by atoms with Gasteiger partial charge in [0.05, 0.1) is 6.07 Å². The summed E-state index contributed by atoms with van der Waals surface area (Å²) in [5.74, 6) is 0. The number of ether oxygens (including phenoxy) is 1. The molecule has 0 heterocycles. The average Bonchev–Trinajstić information content (AvgIpc) is 2.27. The van der Waals surface area contributed by atoms with E-state index in [0.29, 0.717) is 0 Å². The minimum atomic E-state index is -4.63. The van der Waals surface area contributed by atoms with Crippen molar-refractivity contribution in [2.24, 2.45) is 0 Å². The highest BCUT2D eigenvalue weighted by Crippen LogP contribution is 2.31. The lowest BCUT2D eigenvalue weighted by Gasteiger charge is -2.19. The van der Waals surface area contributed by atoms with Gasteiger partial charge in [-0.05, 0) is 5.56 Å². The van der Waals surface area contributed by atoms with Crippen molar-refractivity contribution < 1.29 is 22.3 Å². The highest BCUT2D eigenvalue weighted by atomic mass is 19.3. The van der Waals surface area contributed by atoms with Gasteiger partial charge in [0.25, 0.3) is 0 Å². The smallest absolute Gasteiger partial charge is 0.292 e. The van der Waals surface area contributed by atoms with Gasteiger partial charge in [0.15, 0.2) is 6.10 Å². The van der Waals surface area contributed by atoms with Crippen LogP contribution in [0.5, 0.6) is 0 Å². The van der Waals surface area contributed by atoms with Crippen LogP contribution in [-0.4, -0.2) is 12.5 Å². The molecule has 1 rings (SSSR count). The van der Waals surface area contributed by atoms with Gasteiger partial charge in [0, 0.05) is 0 Å². The second-order valence-electron chi connectivity index (χ2n) is 2.90. The zero-order valence-corrected chi connectivity index (χ0v) is 7.91. The summed E-state index contributed by atoms with van der Waals surface area (Å²) in [6, 6.07) is 8.66. The molecule has 0 bridgehead atoms. The maximum Gasteiger partial charge on any atom is 0.418 e. The van der Waals surface area contributed by atoms with E-state index in [2.05, 4.69) is 4.74 Å². The molecule has 86 valence electrons. The molecule has 1 aromatic carbocycles. The third kappa shape index (κ3) is 2.94. The molecule has 1 aromatic rings. The number of alkyl halides is 4. The van der Waals surface area contributed by atoms with E-state index in [4.69, 9.17) is 5.26 Å². The molecule has 6 heteroatoms. The maximum atomic E-state index is 12.5. The van der Waals surface area contributed by atoms with Crippen LogP contribution in [0.25, 0.3) is 0 Å². The summed E-state index contributed by atoms with van der Waals surface area (Å²) in [5.41, 5.74) is 0.102. The second-order valence-corrected chi connectivity index (χ2v) is 2.90. The first-order valence-corrected chi connectivity index (χ1v) is 4.25.